The van der Waals surface area contributed by atoms with Crippen LogP contribution < -0.4 is 5.32 Å². The molecule has 1 fully saturated rings. The molecule has 2 aromatic heterocycles. The first-order valence-corrected chi connectivity index (χ1v) is 6.97. The zero-order chi connectivity index (χ0) is 14.8. The van der Waals surface area contributed by atoms with E-state index in [4.69, 9.17) is 4.52 Å². The molecular weight excluding hydrogens is 270 g/mol. The Bertz CT molecular complexity index is 661. The number of carbonyl (C=O) groups excluding carboxylic acids is 1. The van der Waals surface area contributed by atoms with E-state index in [1.165, 1.54) is 0 Å². The van der Waals surface area contributed by atoms with Gasteiger partial charge in [-0.1, -0.05) is 5.16 Å². The summed E-state index contributed by atoms with van der Waals surface area (Å²) < 4.78 is 4.98. The lowest BCUT2D eigenvalue weighted by atomic mass is 10.3. The Morgan fingerprint density at radius 3 is 2.67 bits per heavy atom. The van der Waals surface area contributed by atoms with E-state index in [9.17, 15) is 4.79 Å². The summed E-state index contributed by atoms with van der Waals surface area (Å²) in [7, 11) is 0. The summed E-state index contributed by atoms with van der Waals surface area (Å²) in [5.74, 6) is 1.53. The number of aromatic nitrogens is 3. The number of hydrogen-bond acceptors (Lipinski definition) is 6. The van der Waals surface area contributed by atoms with E-state index in [1.807, 2.05) is 11.8 Å². The highest BCUT2D eigenvalue weighted by Gasteiger charge is 2.21. The third-order valence-corrected chi connectivity index (χ3v) is 3.33. The molecule has 7 nitrogen and oxygen atoms in total. The predicted octanol–water partition coefficient (Wildman–Crippen LogP) is 2.06. The fourth-order valence-corrected chi connectivity index (χ4v) is 2.36. The Morgan fingerprint density at radius 2 is 2.00 bits per heavy atom. The van der Waals surface area contributed by atoms with Crippen molar-refractivity contribution in [3.63, 3.8) is 0 Å². The molecule has 2 aromatic rings. The summed E-state index contributed by atoms with van der Waals surface area (Å²) in [6.07, 6.45) is 2.11. The first-order valence-electron chi connectivity index (χ1n) is 6.97. The maximum absolute atomic E-state index is 12.4. The highest BCUT2D eigenvalue weighted by atomic mass is 16.5. The van der Waals surface area contributed by atoms with Crippen molar-refractivity contribution in [1.82, 2.24) is 20.0 Å². The molecule has 3 rings (SSSR count). The van der Waals surface area contributed by atoms with Crippen LogP contribution in [-0.4, -0.2) is 39.0 Å². The van der Waals surface area contributed by atoms with Gasteiger partial charge in [0.05, 0.1) is 0 Å². The number of nitrogens with one attached hydrogen (secondary N) is 1. The average Bonchev–Trinajstić information content (AvgIpc) is 3.09. The third kappa shape index (κ3) is 3.01. The van der Waals surface area contributed by atoms with E-state index in [2.05, 4.69) is 20.4 Å². The fourth-order valence-electron chi connectivity index (χ4n) is 2.36. The quantitative estimate of drug-likeness (QED) is 0.930. The van der Waals surface area contributed by atoms with Crippen molar-refractivity contribution in [1.29, 1.82) is 0 Å². The predicted molar refractivity (Wildman–Crippen MR) is 76.4 cm³/mol. The fraction of sp³-hybridized carbons (Fsp3) is 0.429. The number of anilines is 2. The molecule has 1 N–H and O–H groups in total. The minimum atomic E-state index is -0.0441. The first-order chi connectivity index (χ1) is 10.1. The third-order valence-electron chi connectivity index (χ3n) is 3.33. The molecule has 0 spiro atoms. The summed E-state index contributed by atoms with van der Waals surface area (Å²) in [4.78, 5) is 22.8. The van der Waals surface area contributed by atoms with E-state index in [0.29, 0.717) is 23.2 Å². The van der Waals surface area contributed by atoms with Crippen LogP contribution in [0.4, 0.5) is 11.8 Å². The summed E-state index contributed by atoms with van der Waals surface area (Å²) in [6, 6.07) is 3.45. The van der Waals surface area contributed by atoms with Crippen LogP contribution in [0, 0.1) is 13.8 Å². The van der Waals surface area contributed by atoms with E-state index < -0.39 is 0 Å². The van der Waals surface area contributed by atoms with Crippen LogP contribution in [0.3, 0.4) is 0 Å². The van der Waals surface area contributed by atoms with Crippen LogP contribution in [0.5, 0.6) is 0 Å². The molecule has 1 aliphatic heterocycles. The Kier molecular flexibility index (Phi) is 3.55. The second kappa shape index (κ2) is 5.51. The van der Waals surface area contributed by atoms with Gasteiger partial charge < -0.3 is 14.7 Å². The normalized spacial score (nSPS) is 14.5. The largest absolute Gasteiger partial charge is 0.360 e. The number of amides is 1. The number of likely N-dealkylation sites (tertiary alicyclic amines) is 1. The van der Waals surface area contributed by atoms with Gasteiger partial charge in [-0.05, 0) is 32.8 Å². The van der Waals surface area contributed by atoms with E-state index in [0.717, 1.165) is 31.6 Å². The van der Waals surface area contributed by atoms with Gasteiger partial charge in [0.2, 0.25) is 5.95 Å². The van der Waals surface area contributed by atoms with E-state index in [-0.39, 0.29) is 5.91 Å². The molecule has 1 saturated heterocycles. The maximum atomic E-state index is 12.4. The molecule has 21 heavy (non-hydrogen) atoms. The SMILES string of the molecule is Cc1cc(C(=O)N2CCCC2)nc(Nc2cc(C)on2)n1. The highest BCUT2D eigenvalue weighted by Crippen LogP contribution is 2.16. The number of aryl methyl sites for hydroxylation is 2. The smallest absolute Gasteiger partial charge is 0.272 e. The van der Waals surface area contributed by atoms with Crippen LogP contribution in [0.25, 0.3) is 0 Å². The van der Waals surface area contributed by atoms with Crippen molar-refractivity contribution in [3.8, 4) is 0 Å². The standard InChI is InChI=1S/C14H17N5O2/c1-9-7-11(13(20)19-5-3-4-6-19)16-14(15-9)17-12-8-10(2)21-18-12/h7-8H,3-6H2,1-2H3,(H,15,16,17,18). The average molecular weight is 287 g/mol. The first kappa shape index (κ1) is 13.5. The van der Waals surface area contributed by atoms with Gasteiger partial charge in [0.25, 0.3) is 5.91 Å². The van der Waals surface area contributed by atoms with Crippen LogP contribution >= 0.6 is 0 Å². The van der Waals surface area contributed by atoms with Gasteiger partial charge in [-0.3, -0.25) is 4.79 Å². The molecule has 0 saturated carbocycles. The molecule has 3 heterocycles. The molecule has 0 bridgehead atoms. The van der Waals surface area contributed by atoms with Crippen LogP contribution in [0.2, 0.25) is 0 Å². The number of nitrogens with zero attached hydrogens (tertiary/aromatic N) is 4. The summed E-state index contributed by atoms with van der Waals surface area (Å²) >= 11 is 0. The van der Waals surface area contributed by atoms with E-state index >= 15 is 0 Å². The summed E-state index contributed by atoms with van der Waals surface area (Å²) in [6.45, 7) is 5.24. The topological polar surface area (TPSA) is 84.2 Å². The van der Waals surface area contributed by atoms with Crippen molar-refractivity contribution >= 4 is 17.7 Å². The lowest BCUT2D eigenvalue weighted by molar-refractivity contribution is 0.0787. The van der Waals surface area contributed by atoms with Crippen molar-refractivity contribution in [2.75, 3.05) is 18.4 Å². The monoisotopic (exact) mass is 287 g/mol. The number of hydrogen-bond donors (Lipinski definition) is 1. The van der Waals surface area contributed by atoms with Crippen molar-refractivity contribution < 1.29 is 9.32 Å². The van der Waals surface area contributed by atoms with Crippen molar-refractivity contribution in [3.05, 3.63) is 29.3 Å². The molecule has 0 unspecified atom stereocenters. The Balaban J connectivity index is 1.83. The van der Waals surface area contributed by atoms with Gasteiger partial charge in [0.15, 0.2) is 5.82 Å². The molecule has 0 aliphatic carbocycles. The Labute approximate surface area is 122 Å². The number of rotatable bonds is 3. The Morgan fingerprint density at radius 1 is 1.24 bits per heavy atom. The minimum Gasteiger partial charge on any atom is -0.360 e. The van der Waals surface area contributed by atoms with Crippen LogP contribution in [0.15, 0.2) is 16.7 Å². The van der Waals surface area contributed by atoms with Gasteiger partial charge >= 0.3 is 0 Å². The van der Waals surface area contributed by atoms with E-state index in [1.54, 1.807) is 19.1 Å². The summed E-state index contributed by atoms with van der Waals surface area (Å²) in [5, 5.41) is 6.78. The molecule has 0 atom stereocenters. The zero-order valence-corrected chi connectivity index (χ0v) is 12.1. The molecular formula is C14H17N5O2. The van der Waals surface area contributed by atoms with Crippen molar-refractivity contribution in [2.45, 2.75) is 26.7 Å². The maximum Gasteiger partial charge on any atom is 0.272 e. The second-order valence-electron chi connectivity index (χ2n) is 5.17. The Hall–Kier alpha value is -2.44. The molecule has 1 aliphatic rings. The van der Waals surface area contributed by atoms with Gasteiger partial charge in [0, 0.05) is 24.8 Å². The number of carbonyl (C=O) groups is 1. The minimum absolute atomic E-state index is 0.0441. The lowest BCUT2D eigenvalue weighted by Gasteiger charge is -2.15. The zero-order valence-electron chi connectivity index (χ0n) is 12.1. The second-order valence-corrected chi connectivity index (χ2v) is 5.17. The van der Waals surface area contributed by atoms with Gasteiger partial charge in [-0.25, -0.2) is 9.97 Å². The van der Waals surface area contributed by atoms with Gasteiger partial charge in [-0.15, -0.1) is 0 Å². The molecule has 1 amide bonds. The van der Waals surface area contributed by atoms with Crippen LogP contribution in [-0.2, 0) is 0 Å². The molecule has 0 aromatic carbocycles. The molecule has 110 valence electrons. The van der Waals surface area contributed by atoms with Gasteiger partial charge in [-0.2, -0.15) is 0 Å². The lowest BCUT2D eigenvalue weighted by Crippen LogP contribution is -2.28. The molecule has 7 heteroatoms. The highest BCUT2D eigenvalue weighted by molar-refractivity contribution is 5.92. The van der Waals surface area contributed by atoms with Crippen molar-refractivity contribution in [2.24, 2.45) is 0 Å². The van der Waals surface area contributed by atoms with Gasteiger partial charge in [0.1, 0.15) is 11.5 Å². The molecule has 0 radical (unpaired) electrons. The van der Waals surface area contributed by atoms with Crippen LogP contribution in [0.1, 0.15) is 34.8 Å². The summed E-state index contributed by atoms with van der Waals surface area (Å²) in [5.41, 5.74) is 1.14.